The molecule has 0 aliphatic carbocycles. The Hall–Kier alpha value is -3.03. The van der Waals surface area contributed by atoms with Crippen molar-refractivity contribution in [2.24, 2.45) is 0 Å². The van der Waals surface area contributed by atoms with Crippen molar-refractivity contribution in [1.29, 1.82) is 0 Å². The fraction of sp³-hybridized carbons (Fsp3) is 0.353. The number of allylic oxidation sites excluding steroid dienone is 1. The third-order valence-electron chi connectivity index (χ3n) is 4.21. The van der Waals surface area contributed by atoms with Crippen LogP contribution in [0.15, 0.2) is 36.1 Å². The fourth-order valence-corrected chi connectivity index (χ4v) is 2.74. The van der Waals surface area contributed by atoms with Crippen LogP contribution < -0.4 is 15.5 Å². The molecule has 2 aliphatic heterocycles. The van der Waals surface area contributed by atoms with E-state index in [-0.39, 0.29) is 5.76 Å². The van der Waals surface area contributed by atoms with E-state index in [2.05, 4.69) is 10.7 Å². The number of hydrazine groups is 1. The monoisotopic (exact) mass is 345 g/mol. The van der Waals surface area contributed by atoms with Crippen molar-refractivity contribution in [2.75, 3.05) is 13.7 Å². The molecule has 2 N–H and O–H groups in total. The molecule has 2 heterocycles. The number of carbonyl (C=O) groups excluding carboxylic acids is 3. The van der Waals surface area contributed by atoms with Gasteiger partial charge in [-0.05, 0) is 43.5 Å². The molecule has 25 heavy (non-hydrogen) atoms. The minimum absolute atomic E-state index is 0.113. The molecular weight excluding hydrogens is 326 g/mol. The van der Waals surface area contributed by atoms with Gasteiger partial charge in [-0.25, -0.2) is 10.2 Å². The van der Waals surface area contributed by atoms with E-state index in [9.17, 15) is 14.4 Å². The van der Waals surface area contributed by atoms with Crippen LogP contribution in [0.5, 0.6) is 5.75 Å². The Kier molecular flexibility index (Phi) is 4.35. The van der Waals surface area contributed by atoms with Crippen molar-refractivity contribution < 1.29 is 23.9 Å². The molecule has 1 aromatic carbocycles. The lowest BCUT2D eigenvalue weighted by Gasteiger charge is -2.23. The van der Waals surface area contributed by atoms with E-state index in [4.69, 9.17) is 9.47 Å². The van der Waals surface area contributed by atoms with E-state index in [0.717, 1.165) is 6.42 Å². The Morgan fingerprint density at radius 1 is 1.40 bits per heavy atom. The van der Waals surface area contributed by atoms with Gasteiger partial charge in [-0.15, -0.1) is 0 Å². The first-order valence-electron chi connectivity index (χ1n) is 7.91. The normalized spacial score (nSPS) is 22.8. The molecule has 1 saturated heterocycles. The maximum absolute atomic E-state index is 12.8. The Morgan fingerprint density at radius 2 is 2.20 bits per heavy atom. The van der Waals surface area contributed by atoms with Crippen molar-refractivity contribution in [3.8, 4) is 5.75 Å². The van der Waals surface area contributed by atoms with Gasteiger partial charge in [0.1, 0.15) is 11.3 Å². The molecule has 0 spiro atoms. The average Bonchev–Trinajstić information content (AvgIpc) is 2.86. The lowest BCUT2D eigenvalue weighted by atomic mass is 9.92. The van der Waals surface area contributed by atoms with Crippen molar-refractivity contribution in [3.05, 3.63) is 41.7 Å². The molecule has 4 amide bonds. The van der Waals surface area contributed by atoms with Crippen LogP contribution in [0.4, 0.5) is 4.79 Å². The Morgan fingerprint density at radius 3 is 2.88 bits per heavy atom. The molecule has 1 aromatic rings. The largest absolute Gasteiger partial charge is 0.497 e. The highest BCUT2D eigenvalue weighted by molar-refractivity contribution is 6.09. The molecular formula is C17H19N3O5. The number of hydrogen-bond acceptors (Lipinski definition) is 5. The highest BCUT2D eigenvalue weighted by atomic mass is 16.5. The van der Waals surface area contributed by atoms with E-state index in [0.29, 0.717) is 29.3 Å². The molecule has 0 saturated carbocycles. The summed E-state index contributed by atoms with van der Waals surface area (Å²) in [6.45, 7) is 2.01. The van der Waals surface area contributed by atoms with Gasteiger partial charge in [-0.1, -0.05) is 12.1 Å². The second kappa shape index (κ2) is 6.46. The number of amides is 4. The number of nitrogens with one attached hydrogen (secondary N) is 2. The molecule has 0 radical (unpaired) electrons. The van der Waals surface area contributed by atoms with Crippen molar-refractivity contribution in [1.82, 2.24) is 15.8 Å². The predicted octanol–water partition coefficient (Wildman–Crippen LogP) is 1.19. The van der Waals surface area contributed by atoms with Gasteiger partial charge < -0.3 is 14.8 Å². The number of imide groups is 1. The maximum Gasteiger partial charge on any atom is 0.344 e. The molecule has 8 heteroatoms. The number of rotatable bonds is 4. The van der Waals surface area contributed by atoms with Gasteiger partial charge in [-0.2, -0.15) is 5.01 Å². The van der Waals surface area contributed by atoms with Crippen molar-refractivity contribution in [3.63, 3.8) is 0 Å². The van der Waals surface area contributed by atoms with E-state index >= 15 is 0 Å². The van der Waals surface area contributed by atoms with Gasteiger partial charge in [0.25, 0.3) is 5.91 Å². The molecule has 8 nitrogen and oxygen atoms in total. The fourth-order valence-electron chi connectivity index (χ4n) is 2.74. The molecule has 132 valence electrons. The first-order chi connectivity index (χ1) is 12.0. The topological polar surface area (TPSA) is 97.0 Å². The van der Waals surface area contributed by atoms with Crippen molar-refractivity contribution >= 4 is 17.8 Å². The summed E-state index contributed by atoms with van der Waals surface area (Å²) in [5, 5.41) is 3.29. The van der Waals surface area contributed by atoms with Gasteiger partial charge in [0.15, 0.2) is 5.76 Å². The van der Waals surface area contributed by atoms with E-state index in [1.54, 1.807) is 37.3 Å². The second-order valence-electron chi connectivity index (χ2n) is 5.93. The SMILES string of the molecule is COc1cccc(C2(C)NC(=O)N(NC(=O)C3=CCCCO3)C2=O)c1. The van der Waals surface area contributed by atoms with Gasteiger partial charge >= 0.3 is 11.9 Å². The van der Waals surface area contributed by atoms with Gasteiger partial charge in [0.05, 0.1) is 13.7 Å². The van der Waals surface area contributed by atoms with E-state index < -0.39 is 23.4 Å². The lowest BCUT2D eigenvalue weighted by molar-refractivity contribution is -0.138. The molecule has 0 bridgehead atoms. The van der Waals surface area contributed by atoms with Crippen LogP contribution >= 0.6 is 0 Å². The minimum Gasteiger partial charge on any atom is -0.497 e. The number of benzene rings is 1. The quantitative estimate of drug-likeness (QED) is 0.799. The van der Waals surface area contributed by atoms with Gasteiger partial charge in [0, 0.05) is 0 Å². The standard InChI is InChI=1S/C17H19N3O5/c1-17(11-6-5-7-12(10-11)24-2)15(22)20(16(23)18-17)19-14(21)13-8-3-4-9-25-13/h5-8,10H,3-4,9H2,1-2H3,(H,18,23)(H,19,21). The number of methoxy groups -OCH3 is 1. The van der Waals surface area contributed by atoms with Crippen LogP contribution in [-0.2, 0) is 19.9 Å². The van der Waals surface area contributed by atoms with Crippen LogP contribution in [0.25, 0.3) is 0 Å². The van der Waals surface area contributed by atoms with Crippen LogP contribution in [-0.4, -0.2) is 36.6 Å². The van der Waals surface area contributed by atoms with E-state index in [1.165, 1.54) is 7.11 Å². The highest BCUT2D eigenvalue weighted by Crippen LogP contribution is 2.30. The Balaban J connectivity index is 1.81. The first kappa shape index (κ1) is 16.8. The number of hydrogen-bond donors (Lipinski definition) is 2. The summed E-state index contributed by atoms with van der Waals surface area (Å²) in [6, 6.07) is 6.12. The lowest BCUT2D eigenvalue weighted by Crippen LogP contribution is -2.48. The van der Waals surface area contributed by atoms with Crippen LogP contribution in [0.3, 0.4) is 0 Å². The molecule has 1 atom stereocenters. The van der Waals surface area contributed by atoms with Gasteiger partial charge in [-0.3, -0.25) is 9.59 Å². The van der Waals surface area contributed by atoms with Crippen LogP contribution in [0, 0.1) is 0 Å². The minimum atomic E-state index is -1.30. The Labute approximate surface area is 144 Å². The smallest absolute Gasteiger partial charge is 0.344 e. The summed E-state index contributed by atoms with van der Waals surface area (Å²) in [6.07, 6.45) is 3.18. The van der Waals surface area contributed by atoms with Gasteiger partial charge in [0.2, 0.25) is 0 Å². The summed E-state index contributed by atoms with van der Waals surface area (Å²) < 4.78 is 10.4. The summed E-state index contributed by atoms with van der Waals surface area (Å²) in [5.41, 5.74) is 1.56. The predicted molar refractivity (Wildman–Crippen MR) is 87.1 cm³/mol. The number of carbonyl (C=O) groups is 3. The summed E-state index contributed by atoms with van der Waals surface area (Å²) in [7, 11) is 1.51. The highest BCUT2D eigenvalue weighted by Gasteiger charge is 2.50. The molecule has 1 fully saturated rings. The summed E-state index contributed by atoms with van der Waals surface area (Å²) >= 11 is 0. The van der Waals surface area contributed by atoms with Crippen LogP contribution in [0.1, 0.15) is 25.3 Å². The van der Waals surface area contributed by atoms with Crippen LogP contribution in [0.2, 0.25) is 0 Å². The molecule has 3 rings (SSSR count). The second-order valence-corrected chi connectivity index (χ2v) is 5.93. The average molecular weight is 345 g/mol. The zero-order valence-electron chi connectivity index (χ0n) is 14.0. The number of ether oxygens (including phenoxy) is 2. The summed E-state index contributed by atoms with van der Waals surface area (Å²) in [5.74, 6) is -0.542. The third kappa shape index (κ3) is 3.02. The number of urea groups is 1. The third-order valence-corrected chi connectivity index (χ3v) is 4.21. The molecule has 1 unspecified atom stereocenters. The maximum atomic E-state index is 12.8. The molecule has 0 aromatic heterocycles. The van der Waals surface area contributed by atoms with Crippen molar-refractivity contribution in [2.45, 2.75) is 25.3 Å². The Bertz CT molecular complexity index is 760. The van der Waals surface area contributed by atoms with E-state index in [1.807, 2.05) is 0 Å². The zero-order chi connectivity index (χ0) is 18.0. The number of nitrogens with zero attached hydrogens (tertiary/aromatic N) is 1. The molecule has 2 aliphatic rings. The first-order valence-corrected chi connectivity index (χ1v) is 7.91. The zero-order valence-corrected chi connectivity index (χ0v) is 14.0. The summed E-state index contributed by atoms with van der Waals surface area (Å²) in [4.78, 5) is 37.2.